The van der Waals surface area contributed by atoms with Crippen LogP contribution in [-0.4, -0.2) is 82.8 Å². The number of carbonyl (C=O) groups excluding carboxylic acids is 1. The maximum atomic E-state index is 12.7. The van der Waals surface area contributed by atoms with Gasteiger partial charge in [-0.2, -0.15) is 0 Å². The molecule has 37 heavy (non-hydrogen) atoms. The van der Waals surface area contributed by atoms with Crippen LogP contribution < -0.4 is 15.5 Å². The molecule has 1 amide bonds. The number of halogens is 1. The number of rotatable bonds is 10. The van der Waals surface area contributed by atoms with E-state index in [1.54, 1.807) is 6.07 Å². The van der Waals surface area contributed by atoms with Gasteiger partial charge in [0.1, 0.15) is 28.9 Å². The quantitative estimate of drug-likeness (QED) is 0.325. The van der Waals surface area contributed by atoms with Crippen LogP contribution in [0.2, 0.25) is 5.02 Å². The van der Waals surface area contributed by atoms with Crippen molar-refractivity contribution in [1.82, 2.24) is 19.9 Å². The lowest BCUT2D eigenvalue weighted by Gasteiger charge is -2.35. The van der Waals surface area contributed by atoms with E-state index in [1.165, 1.54) is 17.5 Å². The van der Waals surface area contributed by atoms with Crippen molar-refractivity contribution in [2.75, 3.05) is 61.5 Å². The number of hydrogen-bond acceptors (Lipinski definition) is 10. The van der Waals surface area contributed by atoms with Crippen LogP contribution >= 0.6 is 22.9 Å². The molecule has 4 rings (SSSR count). The maximum Gasteiger partial charge on any atom is 0.329 e. The molecule has 3 heterocycles. The highest BCUT2D eigenvalue weighted by molar-refractivity contribution is 7.17. The number of thiazole rings is 1. The van der Waals surface area contributed by atoms with E-state index < -0.39 is 5.97 Å². The first kappa shape index (κ1) is 26.7. The predicted molar refractivity (Wildman–Crippen MR) is 143 cm³/mol. The van der Waals surface area contributed by atoms with E-state index in [1.807, 2.05) is 32.0 Å². The molecule has 0 saturated carbocycles. The second-order valence-electron chi connectivity index (χ2n) is 8.47. The van der Waals surface area contributed by atoms with Crippen LogP contribution in [-0.2, 0) is 9.53 Å². The maximum absolute atomic E-state index is 12.7. The summed E-state index contributed by atoms with van der Waals surface area (Å²) in [5, 5.41) is 15.7. The fraction of sp³-hybridized carbons (Fsp3) is 0.375. The normalized spacial score (nSPS) is 14.0. The first-order valence-corrected chi connectivity index (χ1v) is 12.9. The second-order valence-corrected chi connectivity index (χ2v) is 9.91. The average Bonchev–Trinajstić information content (AvgIpc) is 3.32. The number of benzene rings is 1. The van der Waals surface area contributed by atoms with Crippen molar-refractivity contribution in [2.45, 2.75) is 13.8 Å². The van der Waals surface area contributed by atoms with Gasteiger partial charge in [0.25, 0.3) is 5.91 Å². The fourth-order valence-electron chi connectivity index (χ4n) is 3.84. The van der Waals surface area contributed by atoms with Crippen LogP contribution in [0.5, 0.6) is 0 Å². The lowest BCUT2D eigenvalue weighted by molar-refractivity contribution is -0.142. The highest BCUT2D eigenvalue weighted by atomic mass is 35.5. The zero-order valence-corrected chi connectivity index (χ0v) is 22.1. The number of para-hydroxylation sites is 1. The summed E-state index contributed by atoms with van der Waals surface area (Å²) in [6, 6.07) is 7.31. The molecule has 3 aromatic rings. The van der Waals surface area contributed by atoms with Gasteiger partial charge in [-0.1, -0.05) is 35.1 Å². The lowest BCUT2D eigenvalue weighted by atomic mass is 10.2. The SMILES string of the molecule is Cc1nc(Nc2ncc(C(=O)Nc3c(C)cccc3Cl)s2)cc(N2CCN(CCOCC(=O)O)CC2)n1. The highest BCUT2D eigenvalue weighted by Crippen LogP contribution is 2.28. The average molecular weight is 546 g/mol. The Morgan fingerprint density at radius 3 is 2.70 bits per heavy atom. The van der Waals surface area contributed by atoms with E-state index in [0.29, 0.717) is 45.5 Å². The third kappa shape index (κ3) is 7.35. The van der Waals surface area contributed by atoms with Crippen molar-refractivity contribution < 1.29 is 19.4 Å². The number of aromatic nitrogens is 3. The number of anilines is 4. The van der Waals surface area contributed by atoms with E-state index in [9.17, 15) is 9.59 Å². The summed E-state index contributed by atoms with van der Waals surface area (Å²) < 4.78 is 5.13. The van der Waals surface area contributed by atoms with Crippen LogP contribution in [0, 0.1) is 13.8 Å². The van der Waals surface area contributed by atoms with Crippen molar-refractivity contribution >= 4 is 57.3 Å². The van der Waals surface area contributed by atoms with Crippen LogP contribution in [0.15, 0.2) is 30.5 Å². The van der Waals surface area contributed by atoms with Gasteiger partial charge in [0.2, 0.25) is 0 Å². The van der Waals surface area contributed by atoms with Gasteiger partial charge in [0.15, 0.2) is 5.13 Å². The van der Waals surface area contributed by atoms with Crippen molar-refractivity contribution in [1.29, 1.82) is 0 Å². The molecule has 0 radical (unpaired) electrons. The molecule has 0 aliphatic carbocycles. The molecule has 2 aromatic heterocycles. The highest BCUT2D eigenvalue weighted by Gasteiger charge is 2.20. The zero-order valence-electron chi connectivity index (χ0n) is 20.5. The molecule has 1 aromatic carbocycles. The molecule has 1 fully saturated rings. The number of nitrogens with one attached hydrogen (secondary N) is 2. The third-order valence-electron chi connectivity index (χ3n) is 5.72. The van der Waals surface area contributed by atoms with Gasteiger partial charge in [-0.3, -0.25) is 9.69 Å². The molecular formula is C24H28ClN7O4S. The fourth-order valence-corrected chi connectivity index (χ4v) is 4.83. The Labute approximate surface area is 223 Å². The van der Waals surface area contributed by atoms with Crippen LogP contribution in [0.3, 0.4) is 0 Å². The van der Waals surface area contributed by atoms with Crippen molar-refractivity contribution in [3.8, 4) is 0 Å². The summed E-state index contributed by atoms with van der Waals surface area (Å²) >= 11 is 7.45. The van der Waals surface area contributed by atoms with E-state index in [0.717, 1.165) is 37.6 Å². The predicted octanol–water partition coefficient (Wildman–Crippen LogP) is 3.42. The smallest absolute Gasteiger partial charge is 0.329 e. The lowest BCUT2D eigenvalue weighted by Crippen LogP contribution is -2.47. The minimum Gasteiger partial charge on any atom is -0.480 e. The summed E-state index contributed by atoms with van der Waals surface area (Å²) in [5.41, 5.74) is 1.46. The minimum absolute atomic E-state index is 0.276. The zero-order chi connectivity index (χ0) is 26.4. The molecule has 0 atom stereocenters. The molecular weight excluding hydrogens is 518 g/mol. The van der Waals surface area contributed by atoms with Gasteiger partial charge in [-0.25, -0.2) is 19.7 Å². The van der Waals surface area contributed by atoms with Crippen LogP contribution in [0.4, 0.5) is 22.5 Å². The number of nitrogens with zero attached hydrogens (tertiary/aromatic N) is 5. The Bertz CT molecular complexity index is 1240. The van der Waals surface area contributed by atoms with E-state index >= 15 is 0 Å². The van der Waals surface area contributed by atoms with E-state index in [4.69, 9.17) is 21.4 Å². The van der Waals surface area contributed by atoms with Crippen molar-refractivity contribution in [2.24, 2.45) is 0 Å². The monoisotopic (exact) mass is 545 g/mol. The summed E-state index contributed by atoms with van der Waals surface area (Å²) in [5.74, 6) is 0.772. The van der Waals surface area contributed by atoms with E-state index in [-0.39, 0.29) is 12.5 Å². The number of hydrogen-bond donors (Lipinski definition) is 3. The summed E-state index contributed by atoms with van der Waals surface area (Å²) in [6.07, 6.45) is 1.52. The van der Waals surface area contributed by atoms with Crippen LogP contribution in [0.1, 0.15) is 21.1 Å². The van der Waals surface area contributed by atoms with Crippen LogP contribution in [0.25, 0.3) is 0 Å². The number of aliphatic carboxylic acids is 1. The van der Waals surface area contributed by atoms with Gasteiger partial charge >= 0.3 is 5.97 Å². The Morgan fingerprint density at radius 2 is 1.97 bits per heavy atom. The molecule has 1 aliphatic heterocycles. The van der Waals surface area contributed by atoms with Gasteiger partial charge in [-0.15, -0.1) is 0 Å². The van der Waals surface area contributed by atoms with Gasteiger partial charge in [-0.05, 0) is 25.5 Å². The number of piperazine rings is 1. The topological polar surface area (TPSA) is 133 Å². The standard InChI is InChI=1S/C24H28ClN7O4S/c1-15-4-3-5-17(25)22(15)30-23(35)18-13-26-24(37-18)29-19-12-20(28-16(2)27-19)32-8-6-31(7-9-32)10-11-36-14-21(33)34/h3-5,12-13H,6-11,14H2,1-2H3,(H,30,35)(H,33,34)(H,26,27,28,29). The first-order valence-electron chi connectivity index (χ1n) is 11.7. The Kier molecular flexibility index (Phi) is 8.87. The molecule has 1 saturated heterocycles. The minimum atomic E-state index is -0.960. The number of carbonyl (C=O) groups is 2. The Balaban J connectivity index is 1.34. The third-order valence-corrected chi connectivity index (χ3v) is 6.95. The van der Waals surface area contributed by atoms with Gasteiger partial charge in [0.05, 0.1) is 23.5 Å². The molecule has 0 unspecified atom stereocenters. The number of ether oxygens (including phenoxy) is 1. The summed E-state index contributed by atoms with van der Waals surface area (Å²) in [7, 11) is 0. The first-order chi connectivity index (χ1) is 17.8. The molecule has 1 aliphatic rings. The molecule has 13 heteroatoms. The molecule has 196 valence electrons. The molecule has 3 N–H and O–H groups in total. The number of carboxylic acid groups (broad SMARTS) is 1. The van der Waals surface area contributed by atoms with Crippen molar-refractivity contribution in [3.63, 3.8) is 0 Å². The summed E-state index contributed by atoms with van der Waals surface area (Å²) in [4.78, 5) is 41.5. The van der Waals surface area contributed by atoms with Crippen molar-refractivity contribution in [3.05, 3.63) is 51.7 Å². The van der Waals surface area contributed by atoms with E-state index in [2.05, 4.69) is 35.4 Å². The molecule has 0 spiro atoms. The molecule has 11 nitrogen and oxygen atoms in total. The summed E-state index contributed by atoms with van der Waals surface area (Å²) in [6.45, 7) is 7.70. The Morgan fingerprint density at radius 1 is 1.19 bits per heavy atom. The number of aryl methyl sites for hydroxylation is 2. The molecule has 0 bridgehead atoms. The number of amides is 1. The number of carboxylic acids is 1. The van der Waals surface area contributed by atoms with Gasteiger partial charge in [0, 0.05) is 38.8 Å². The largest absolute Gasteiger partial charge is 0.480 e. The van der Waals surface area contributed by atoms with Gasteiger partial charge < -0.3 is 25.4 Å². The second kappa shape index (κ2) is 12.3. The Hall–Kier alpha value is -3.32.